The van der Waals surface area contributed by atoms with E-state index in [4.69, 9.17) is 28.3 Å². The van der Waals surface area contributed by atoms with Crippen molar-refractivity contribution in [2.45, 2.75) is 38.9 Å². The summed E-state index contributed by atoms with van der Waals surface area (Å²) in [6.45, 7) is 10.1. The molecule has 0 aliphatic carbocycles. The smallest absolute Gasteiger partial charge is 0.491 e. The summed E-state index contributed by atoms with van der Waals surface area (Å²) in [7, 11) is 2.81. The van der Waals surface area contributed by atoms with Gasteiger partial charge in [-0.25, -0.2) is 0 Å². The summed E-state index contributed by atoms with van der Waals surface area (Å²) < 4.78 is 33.8. The van der Waals surface area contributed by atoms with Crippen molar-refractivity contribution in [1.29, 1.82) is 0 Å². The largest absolute Gasteiger partial charge is 0.495 e. The van der Waals surface area contributed by atoms with Gasteiger partial charge in [0, 0.05) is 20.3 Å². The van der Waals surface area contributed by atoms with Crippen molar-refractivity contribution >= 4 is 12.6 Å². The van der Waals surface area contributed by atoms with Crippen molar-refractivity contribution in [2.75, 3.05) is 40.6 Å². The number of methoxy groups -OCH3 is 2. The molecule has 1 aromatic carbocycles. The van der Waals surface area contributed by atoms with Gasteiger partial charge in [0.25, 0.3) is 0 Å². The van der Waals surface area contributed by atoms with Gasteiger partial charge in [-0.05, 0) is 45.3 Å². The quantitative estimate of drug-likeness (QED) is 0.501. The second-order valence-corrected chi connectivity index (χ2v) is 7.01. The summed E-state index contributed by atoms with van der Waals surface area (Å²) >= 11 is 0. The molecule has 1 aromatic rings. The van der Waals surface area contributed by atoms with Gasteiger partial charge in [-0.15, -0.1) is 0 Å². The van der Waals surface area contributed by atoms with Crippen LogP contribution in [0.15, 0.2) is 18.2 Å². The Morgan fingerprint density at radius 3 is 1.60 bits per heavy atom. The normalized spacial score (nSPS) is 18.4. The molecule has 0 atom stereocenters. The van der Waals surface area contributed by atoms with E-state index >= 15 is 0 Å². The lowest BCUT2D eigenvalue weighted by Gasteiger charge is -2.32. The lowest BCUT2D eigenvalue weighted by molar-refractivity contribution is 0.00578. The monoisotopic (exact) mass is 352 g/mol. The lowest BCUT2D eigenvalue weighted by atomic mass is 9.79. The average molecular weight is 352 g/mol. The van der Waals surface area contributed by atoms with Crippen molar-refractivity contribution < 1.29 is 28.3 Å². The maximum Gasteiger partial charge on any atom is 0.495 e. The predicted octanol–water partition coefficient (Wildman–Crippen LogP) is 2.04. The molecule has 6 nitrogen and oxygen atoms in total. The van der Waals surface area contributed by atoms with Gasteiger partial charge in [-0.1, -0.05) is 0 Å². The van der Waals surface area contributed by atoms with Gasteiger partial charge >= 0.3 is 7.12 Å². The minimum Gasteiger partial charge on any atom is -0.491 e. The second-order valence-electron chi connectivity index (χ2n) is 7.01. The number of hydrogen-bond acceptors (Lipinski definition) is 6. The van der Waals surface area contributed by atoms with Crippen LogP contribution < -0.4 is 14.9 Å². The van der Waals surface area contributed by atoms with Crippen LogP contribution in [0.3, 0.4) is 0 Å². The topological polar surface area (TPSA) is 55.4 Å². The molecule has 0 aromatic heterocycles. The van der Waals surface area contributed by atoms with E-state index in [0.717, 1.165) is 5.46 Å². The summed E-state index contributed by atoms with van der Waals surface area (Å²) in [5, 5.41) is 0. The molecule has 1 aliphatic heterocycles. The molecule has 0 spiro atoms. The standard InChI is InChI=1S/C18H29BO6/c1-17(2)18(3,4)25-19(24-17)14-11-15(22-9-7-20-5)13-16(12-14)23-10-8-21-6/h11-13H,7-10H2,1-6H3. The van der Waals surface area contributed by atoms with Crippen LogP contribution in [0.2, 0.25) is 0 Å². The summed E-state index contributed by atoms with van der Waals surface area (Å²) in [5.74, 6) is 1.38. The van der Waals surface area contributed by atoms with Gasteiger partial charge in [-0.2, -0.15) is 0 Å². The van der Waals surface area contributed by atoms with Crippen molar-refractivity contribution in [3.8, 4) is 11.5 Å². The molecule has 1 aliphatic rings. The van der Waals surface area contributed by atoms with Gasteiger partial charge in [0.05, 0.1) is 24.4 Å². The van der Waals surface area contributed by atoms with E-state index in [1.165, 1.54) is 0 Å². The number of benzene rings is 1. The Labute approximate surface area is 150 Å². The molecule has 0 saturated carbocycles. The molecule has 0 unspecified atom stereocenters. The van der Waals surface area contributed by atoms with E-state index in [2.05, 4.69) is 0 Å². The minimum atomic E-state index is -0.472. The first-order valence-corrected chi connectivity index (χ1v) is 8.53. The molecule has 7 heteroatoms. The highest BCUT2D eigenvalue weighted by Gasteiger charge is 2.51. The van der Waals surface area contributed by atoms with E-state index in [9.17, 15) is 0 Å². The maximum absolute atomic E-state index is 6.13. The van der Waals surface area contributed by atoms with Gasteiger partial charge < -0.3 is 28.3 Å². The third kappa shape index (κ3) is 5.11. The summed E-state index contributed by atoms with van der Waals surface area (Å²) in [6.07, 6.45) is 0. The summed E-state index contributed by atoms with van der Waals surface area (Å²) in [5.41, 5.74) is 0.0597. The molecule has 1 saturated heterocycles. The van der Waals surface area contributed by atoms with Crippen LogP contribution in [0.25, 0.3) is 0 Å². The molecule has 25 heavy (non-hydrogen) atoms. The molecule has 0 bridgehead atoms. The molecular weight excluding hydrogens is 323 g/mol. The van der Waals surface area contributed by atoms with E-state index < -0.39 is 18.3 Å². The van der Waals surface area contributed by atoms with Crippen LogP contribution in [-0.4, -0.2) is 59.0 Å². The highest BCUT2D eigenvalue weighted by atomic mass is 16.7. The molecular formula is C18H29BO6. The van der Waals surface area contributed by atoms with Crippen molar-refractivity contribution in [3.63, 3.8) is 0 Å². The Bertz CT molecular complexity index is 516. The van der Waals surface area contributed by atoms with Gasteiger partial charge in [0.15, 0.2) is 0 Å². The highest BCUT2D eigenvalue weighted by molar-refractivity contribution is 6.62. The SMILES string of the molecule is COCCOc1cc(OCCOC)cc(B2OC(C)(C)C(C)(C)O2)c1. The van der Waals surface area contributed by atoms with Crippen LogP contribution >= 0.6 is 0 Å². The van der Waals surface area contributed by atoms with Crippen molar-refractivity contribution in [1.82, 2.24) is 0 Å². The Kier molecular flexibility index (Phi) is 6.74. The van der Waals surface area contributed by atoms with Crippen molar-refractivity contribution in [3.05, 3.63) is 18.2 Å². The Morgan fingerprint density at radius 1 is 0.760 bits per heavy atom. The molecule has 0 N–H and O–H groups in total. The zero-order chi connectivity index (χ0) is 18.5. The zero-order valence-electron chi connectivity index (χ0n) is 16.1. The maximum atomic E-state index is 6.13. The first-order chi connectivity index (χ1) is 11.8. The first kappa shape index (κ1) is 20.0. The third-order valence-corrected chi connectivity index (χ3v) is 4.54. The molecule has 1 heterocycles. The second kappa shape index (κ2) is 8.40. The number of hydrogen-bond donors (Lipinski definition) is 0. The molecule has 1 fully saturated rings. The Balaban J connectivity index is 2.20. The fourth-order valence-corrected chi connectivity index (χ4v) is 2.36. The molecule has 0 radical (unpaired) electrons. The fourth-order valence-electron chi connectivity index (χ4n) is 2.36. The van der Waals surface area contributed by atoms with Crippen LogP contribution in [0, 0.1) is 0 Å². The van der Waals surface area contributed by atoms with Crippen LogP contribution in [-0.2, 0) is 18.8 Å². The Morgan fingerprint density at radius 2 is 1.20 bits per heavy atom. The third-order valence-electron chi connectivity index (χ3n) is 4.54. The molecule has 140 valence electrons. The number of rotatable bonds is 9. The van der Waals surface area contributed by atoms with Crippen LogP contribution in [0.5, 0.6) is 11.5 Å². The minimum absolute atomic E-state index is 0.401. The number of ether oxygens (including phenoxy) is 4. The predicted molar refractivity (Wildman–Crippen MR) is 96.9 cm³/mol. The van der Waals surface area contributed by atoms with Gasteiger partial charge in [0.2, 0.25) is 0 Å². The summed E-state index contributed by atoms with van der Waals surface area (Å²) in [4.78, 5) is 0. The highest BCUT2D eigenvalue weighted by Crippen LogP contribution is 2.37. The first-order valence-electron chi connectivity index (χ1n) is 8.53. The van der Waals surface area contributed by atoms with Crippen LogP contribution in [0.1, 0.15) is 27.7 Å². The zero-order valence-corrected chi connectivity index (χ0v) is 16.1. The van der Waals surface area contributed by atoms with Gasteiger partial charge in [-0.3, -0.25) is 0 Å². The van der Waals surface area contributed by atoms with E-state index in [0.29, 0.717) is 37.9 Å². The van der Waals surface area contributed by atoms with Crippen molar-refractivity contribution in [2.24, 2.45) is 0 Å². The van der Waals surface area contributed by atoms with Crippen LogP contribution in [0.4, 0.5) is 0 Å². The average Bonchev–Trinajstić information content (AvgIpc) is 2.76. The van der Waals surface area contributed by atoms with Gasteiger partial charge in [0.1, 0.15) is 24.7 Å². The van der Waals surface area contributed by atoms with E-state index in [1.54, 1.807) is 14.2 Å². The Hall–Kier alpha value is -1.28. The molecule has 2 rings (SSSR count). The summed E-state index contributed by atoms with van der Waals surface area (Å²) in [6, 6.07) is 5.68. The van der Waals surface area contributed by atoms with E-state index in [-0.39, 0.29) is 0 Å². The lowest BCUT2D eigenvalue weighted by Crippen LogP contribution is -2.41. The van der Waals surface area contributed by atoms with E-state index in [1.807, 2.05) is 45.9 Å². The fraction of sp³-hybridized carbons (Fsp3) is 0.667. The molecule has 0 amide bonds.